The second kappa shape index (κ2) is 11.0. The molecule has 0 bridgehead atoms. The number of methoxy groups -OCH3 is 1. The van der Waals surface area contributed by atoms with Gasteiger partial charge in [0.2, 0.25) is 6.29 Å². The number of hydrogen-bond donors (Lipinski definition) is 6. The van der Waals surface area contributed by atoms with Gasteiger partial charge in [0.1, 0.15) is 42.7 Å². The molecular formula is C23H34O13. The first kappa shape index (κ1) is 27.4. The smallest absolute Gasteiger partial charge is 0.337 e. The first-order chi connectivity index (χ1) is 17.0. The third kappa shape index (κ3) is 5.05. The van der Waals surface area contributed by atoms with Gasteiger partial charge in [-0.3, -0.25) is 0 Å². The van der Waals surface area contributed by atoms with Crippen molar-refractivity contribution in [3.8, 4) is 0 Å². The Hall–Kier alpha value is -1.65. The summed E-state index contributed by atoms with van der Waals surface area (Å²) in [5.74, 6) is -1.23. The molecule has 6 N–H and O–H groups in total. The van der Waals surface area contributed by atoms with Crippen LogP contribution in [0.3, 0.4) is 0 Å². The van der Waals surface area contributed by atoms with Gasteiger partial charge >= 0.3 is 5.97 Å². The van der Waals surface area contributed by atoms with E-state index in [-0.39, 0.29) is 5.92 Å². The maximum absolute atomic E-state index is 12.1. The van der Waals surface area contributed by atoms with Crippen LogP contribution in [-0.4, -0.2) is 118 Å². The molecule has 0 aromatic heterocycles. The second-order valence-corrected chi connectivity index (χ2v) is 9.56. The summed E-state index contributed by atoms with van der Waals surface area (Å²) >= 11 is 0. The average Bonchev–Trinajstić information content (AvgIpc) is 3.26. The molecule has 13 nitrogen and oxygen atoms in total. The molecule has 0 aromatic carbocycles. The van der Waals surface area contributed by atoms with Crippen LogP contribution in [0.25, 0.3) is 0 Å². The summed E-state index contributed by atoms with van der Waals surface area (Å²) in [6, 6.07) is 0. The zero-order valence-corrected chi connectivity index (χ0v) is 20.0. The van der Waals surface area contributed by atoms with Crippen LogP contribution in [0, 0.1) is 11.8 Å². The quantitative estimate of drug-likeness (QED) is 0.162. The predicted octanol–water partition coefficient (Wildman–Crippen LogP) is -2.35. The van der Waals surface area contributed by atoms with Crippen LogP contribution in [-0.2, 0) is 33.2 Å². The van der Waals surface area contributed by atoms with Crippen molar-refractivity contribution >= 4 is 5.97 Å². The highest BCUT2D eigenvalue weighted by atomic mass is 16.8. The van der Waals surface area contributed by atoms with Crippen molar-refractivity contribution in [1.29, 1.82) is 0 Å². The van der Waals surface area contributed by atoms with Crippen LogP contribution in [0.4, 0.5) is 0 Å². The topological polar surface area (TPSA) is 194 Å². The van der Waals surface area contributed by atoms with E-state index >= 15 is 0 Å². The van der Waals surface area contributed by atoms with Crippen LogP contribution < -0.4 is 0 Å². The number of esters is 1. The summed E-state index contributed by atoms with van der Waals surface area (Å²) in [6.07, 6.45) is -12.7. The van der Waals surface area contributed by atoms with Crippen molar-refractivity contribution in [3.63, 3.8) is 0 Å². The molecule has 3 fully saturated rings. The van der Waals surface area contributed by atoms with Crippen molar-refractivity contribution < 1.29 is 63.9 Å². The number of fused-ring (bicyclic) bond motifs is 1. The molecule has 36 heavy (non-hydrogen) atoms. The zero-order valence-electron chi connectivity index (χ0n) is 20.0. The van der Waals surface area contributed by atoms with E-state index in [9.17, 15) is 35.4 Å². The summed E-state index contributed by atoms with van der Waals surface area (Å²) in [4.78, 5) is 12.1. The van der Waals surface area contributed by atoms with E-state index in [1.165, 1.54) is 20.3 Å². The average molecular weight is 519 g/mol. The molecule has 1 aliphatic carbocycles. The van der Waals surface area contributed by atoms with E-state index in [0.717, 1.165) is 5.57 Å². The Labute approximate surface area is 207 Å². The molecule has 0 aromatic rings. The Morgan fingerprint density at radius 1 is 0.972 bits per heavy atom. The number of carbonyl (C=O) groups is 1. The van der Waals surface area contributed by atoms with Gasteiger partial charge in [0.25, 0.3) is 0 Å². The number of rotatable bonds is 6. The van der Waals surface area contributed by atoms with Crippen molar-refractivity contribution in [2.24, 2.45) is 11.8 Å². The van der Waals surface area contributed by atoms with Gasteiger partial charge < -0.3 is 59.1 Å². The van der Waals surface area contributed by atoms with E-state index in [1.807, 2.05) is 0 Å². The van der Waals surface area contributed by atoms with Crippen molar-refractivity contribution in [2.75, 3.05) is 13.7 Å². The minimum absolute atomic E-state index is 0.271. The molecule has 13 heteroatoms. The maximum atomic E-state index is 12.1. The summed E-state index contributed by atoms with van der Waals surface area (Å²) in [5, 5.41) is 61.2. The number of hydrogen-bond acceptors (Lipinski definition) is 13. The number of aliphatic hydroxyl groups excluding tert-OH is 6. The molecule has 4 aliphatic rings. The van der Waals surface area contributed by atoms with Gasteiger partial charge in [0, 0.05) is 11.8 Å². The molecule has 0 amide bonds. The SMILES string of the molecule is C=C1CC[C@@H]2C(C(=O)OC)=CO[C@@H](O[C@@H]3O[C@H](CO[C@@H]4O[C@H](C)[C@@H](O)[C@@H](O)[C@H]4O)[C@@H](O)[C@H](O)[C@H]3O)[C@H]12. The highest BCUT2D eigenvalue weighted by Crippen LogP contribution is 2.46. The Bertz CT molecular complexity index is 848. The van der Waals surface area contributed by atoms with E-state index in [4.69, 9.17) is 28.4 Å². The fourth-order valence-electron chi connectivity index (χ4n) is 5.09. The maximum Gasteiger partial charge on any atom is 0.337 e. The third-order valence-corrected chi connectivity index (χ3v) is 7.29. The summed E-state index contributed by atoms with van der Waals surface area (Å²) in [5.41, 5.74) is 1.13. The molecule has 0 unspecified atom stereocenters. The first-order valence-electron chi connectivity index (χ1n) is 11.8. The molecule has 4 rings (SSSR count). The van der Waals surface area contributed by atoms with Gasteiger partial charge in [-0.2, -0.15) is 0 Å². The summed E-state index contributed by atoms with van der Waals surface area (Å²) < 4.78 is 32.8. The van der Waals surface area contributed by atoms with Gasteiger partial charge in [-0.1, -0.05) is 12.2 Å². The minimum Gasteiger partial charge on any atom is -0.471 e. The van der Waals surface area contributed by atoms with Crippen LogP contribution in [0.2, 0.25) is 0 Å². The van der Waals surface area contributed by atoms with Crippen LogP contribution in [0.15, 0.2) is 24.0 Å². The van der Waals surface area contributed by atoms with Crippen molar-refractivity contribution in [2.45, 2.75) is 87.5 Å². The lowest BCUT2D eigenvalue weighted by Gasteiger charge is -2.44. The molecule has 3 heterocycles. The Morgan fingerprint density at radius 2 is 1.64 bits per heavy atom. The molecule has 0 spiro atoms. The molecule has 3 aliphatic heterocycles. The molecular weight excluding hydrogens is 484 g/mol. The molecule has 2 saturated heterocycles. The fourth-order valence-corrected chi connectivity index (χ4v) is 5.09. The highest BCUT2D eigenvalue weighted by Gasteiger charge is 2.51. The lowest BCUT2D eigenvalue weighted by Crippen LogP contribution is -2.61. The fraction of sp³-hybridized carbons (Fsp3) is 0.783. The van der Waals surface area contributed by atoms with E-state index < -0.39 is 86.2 Å². The van der Waals surface area contributed by atoms with Crippen LogP contribution >= 0.6 is 0 Å². The summed E-state index contributed by atoms with van der Waals surface area (Å²) in [7, 11) is 1.27. The minimum atomic E-state index is -1.67. The zero-order chi connectivity index (χ0) is 26.3. The molecule has 13 atom stereocenters. The van der Waals surface area contributed by atoms with Crippen molar-refractivity contribution in [3.05, 3.63) is 24.0 Å². The highest BCUT2D eigenvalue weighted by molar-refractivity contribution is 5.89. The lowest BCUT2D eigenvalue weighted by molar-refractivity contribution is -0.350. The number of aliphatic hydroxyl groups is 6. The largest absolute Gasteiger partial charge is 0.471 e. The van der Waals surface area contributed by atoms with Gasteiger partial charge in [-0.25, -0.2) is 4.79 Å². The van der Waals surface area contributed by atoms with E-state index in [0.29, 0.717) is 18.4 Å². The van der Waals surface area contributed by atoms with Gasteiger partial charge in [-0.05, 0) is 19.8 Å². The van der Waals surface area contributed by atoms with E-state index in [2.05, 4.69) is 6.58 Å². The standard InChI is InChI=1S/C23H34O13/c1-8-4-5-10-11(20(30)31-3)6-32-21(13(8)10)36-23-19(29)17(27)15(25)12(35-23)7-33-22-18(28)16(26)14(24)9(2)34-22/h6,9-10,12-19,21-29H,1,4-5,7H2,2-3H3/t9-,10-,12-,13-,14-,15-,16-,17+,18-,19-,21+,22-,23+/m1/s1. The predicted molar refractivity (Wildman–Crippen MR) is 116 cm³/mol. The summed E-state index contributed by atoms with van der Waals surface area (Å²) in [6.45, 7) is 5.11. The number of carbonyl (C=O) groups excluding carboxylic acids is 1. The van der Waals surface area contributed by atoms with Crippen molar-refractivity contribution in [1.82, 2.24) is 0 Å². The Kier molecular flexibility index (Phi) is 8.36. The second-order valence-electron chi connectivity index (χ2n) is 9.56. The molecule has 204 valence electrons. The lowest BCUT2D eigenvalue weighted by atomic mass is 9.85. The van der Waals surface area contributed by atoms with Crippen LogP contribution in [0.5, 0.6) is 0 Å². The van der Waals surface area contributed by atoms with Crippen LogP contribution in [0.1, 0.15) is 19.8 Å². The Balaban J connectivity index is 1.43. The van der Waals surface area contributed by atoms with Gasteiger partial charge in [0.05, 0.1) is 31.7 Å². The molecule has 0 radical (unpaired) electrons. The van der Waals surface area contributed by atoms with Gasteiger partial charge in [-0.15, -0.1) is 0 Å². The third-order valence-electron chi connectivity index (χ3n) is 7.29. The monoisotopic (exact) mass is 518 g/mol. The normalized spacial score (nSPS) is 47.1. The number of ether oxygens (including phenoxy) is 6. The molecule has 1 saturated carbocycles. The van der Waals surface area contributed by atoms with Gasteiger partial charge in [0.15, 0.2) is 12.6 Å². The first-order valence-corrected chi connectivity index (χ1v) is 11.8. The van der Waals surface area contributed by atoms with E-state index in [1.54, 1.807) is 0 Å². The Morgan fingerprint density at radius 3 is 2.33 bits per heavy atom.